The summed E-state index contributed by atoms with van der Waals surface area (Å²) >= 11 is 1.37. The minimum atomic E-state index is -0.169. The van der Waals surface area contributed by atoms with Gasteiger partial charge in [-0.3, -0.25) is 9.59 Å². The zero-order valence-electron chi connectivity index (χ0n) is 23.3. The number of amides is 2. The molecule has 0 aliphatic heterocycles. The Balaban J connectivity index is 1.17. The summed E-state index contributed by atoms with van der Waals surface area (Å²) in [5.74, 6) is 0.913. The van der Waals surface area contributed by atoms with Gasteiger partial charge in [-0.25, -0.2) is 9.97 Å². The van der Waals surface area contributed by atoms with Gasteiger partial charge < -0.3 is 16.0 Å². The highest BCUT2D eigenvalue weighted by Crippen LogP contribution is 2.28. The van der Waals surface area contributed by atoms with E-state index in [1.54, 1.807) is 6.20 Å². The molecule has 1 saturated carbocycles. The van der Waals surface area contributed by atoms with Crippen molar-refractivity contribution in [1.29, 1.82) is 0 Å². The van der Waals surface area contributed by atoms with E-state index in [-0.39, 0.29) is 11.8 Å². The van der Waals surface area contributed by atoms with E-state index in [1.807, 2.05) is 84.9 Å². The fourth-order valence-electron chi connectivity index (χ4n) is 5.42. The number of hydrogen-bond donors (Lipinski definition) is 3. The second-order valence-electron chi connectivity index (χ2n) is 10.7. The molecule has 42 heavy (non-hydrogen) atoms. The molecule has 2 aromatic carbocycles. The molecule has 8 heteroatoms. The van der Waals surface area contributed by atoms with Gasteiger partial charge in [0.25, 0.3) is 11.8 Å². The predicted molar refractivity (Wildman–Crippen MR) is 170 cm³/mol. The van der Waals surface area contributed by atoms with Crippen molar-refractivity contribution in [3.05, 3.63) is 102 Å². The number of anilines is 3. The molecular weight excluding hydrogens is 542 g/mol. The minimum Gasteiger partial charge on any atom is -0.352 e. The van der Waals surface area contributed by atoms with Crippen molar-refractivity contribution in [3.63, 3.8) is 0 Å². The van der Waals surface area contributed by atoms with Gasteiger partial charge in [-0.2, -0.15) is 0 Å². The molecule has 0 spiro atoms. The average molecular weight is 576 g/mol. The number of benzene rings is 2. The van der Waals surface area contributed by atoms with Crippen molar-refractivity contribution < 1.29 is 9.59 Å². The first-order valence-corrected chi connectivity index (χ1v) is 15.3. The average Bonchev–Trinajstić information content (AvgIpc) is 3.47. The molecule has 5 aromatic rings. The number of para-hydroxylation sites is 1. The van der Waals surface area contributed by atoms with E-state index in [0.717, 1.165) is 33.6 Å². The van der Waals surface area contributed by atoms with Gasteiger partial charge in [-0.15, -0.1) is 11.3 Å². The maximum atomic E-state index is 13.2. The summed E-state index contributed by atoms with van der Waals surface area (Å²) in [6.07, 6.45) is 9.19. The van der Waals surface area contributed by atoms with E-state index < -0.39 is 0 Å². The Labute approximate surface area is 249 Å². The van der Waals surface area contributed by atoms with Crippen molar-refractivity contribution in [3.8, 4) is 11.3 Å². The Kier molecular flexibility index (Phi) is 8.51. The van der Waals surface area contributed by atoms with Gasteiger partial charge in [0.1, 0.15) is 10.6 Å². The van der Waals surface area contributed by atoms with Crippen molar-refractivity contribution >= 4 is 50.6 Å². The molecule has 3 heterocycles. The molecule has 0 saturated heterocycles. The third-order valence-corrected chi connectivity index (χ3v) is 8.75. The number of hydrogen-bond acceptors (Lipinski definition) is 6. The number of thiophene rings is 1. The molecule has 2 amide bonds. The molecule has 6 rings (SSSR count). The standard InChI is InChI=1S/C34H33N5O2S/c40-32(35-21-19-23-8-3-1-4-9-23)28-17-18-29(39-31(28)37-26-11-5-2-6-12-26)24-13-15-27(16-14-24)38-33(41)30-22-25-10-7-20-36-34(25)42-30/h2,5-7,10-18,20,22-23H,1,3-4,8-9,19,21H2,(H,35,40)(H,37,39)(H,38,41). The molecule has 212 valence electrons. The van der Waals surface area contributed by atoms with E-state index in [4.69, 9.17) is 4.98 Å². The van der Waals surface area contributed by atoms with Crippen molar-refractivity contribution in [2.45, 2.75) is 38.5 Å². The predicted octanol–water partition coefficient (Wildman–Crippen LogP) is 8.05. The van der Waals surface area contributed by atoms with E-state index in [2.05, 4.69) is 20.9 Å². The normalized spacial score (nSPS) is 13.5. The van der Waals surface area contributed by atoms with Gasteiger partial charge in [0, 0.05) is 35.1 Å². The number of nitrogens with one attached hydrogen (secondary N) is 3. The Morgan fingerprint density at radius 2 is 1.64 bits per heavy atom. The number of fused-ring (bicyclic) bond motifs is 1. The summed E-state index contributed by atoms with van der Waals surface area (Å²) in [7, 11) is 0. The van der Waals surface area contributed by atoms with Crippen molar-refractivity contribution in [1.82, 2.24) is 15.3 Å². The highest BCUT2D eigenvalue weighted by molar-refractivity contribution is 7.20. The lowest BCUT2D eigenvalue weighted by Crippen LogP contribution is -2.27. The van der Waals surface area contributed by atoms with Gasteiger partial charge in [0.15, 0.2) is 0 Å². The van der Waals surface area contributed by atoms with Gasteiger partial charge in [0.05, 0.1) is 16.1 Å². The van der Waals surface area contributed by atoms with Crippen LogP contribution < -0.4 is 16.0 Å². The van der Waals surface area contributed by atoms with E-state index in [9.17, 15) is 9.59 Å². The Bertz CT molecular complexity index is 1640. The zero-order chi connectivity index (χ0) is 28.7. The summed E-state index contributed by atoms with van der Waals surface area (Å²) in [4.78, 5) is 36.7. The van der Waals surface area contributed by atoms with Gasteiger partial charge in [-0.05, 0) is 60.9 Å². The maximum Gasteiger partial charge on any atom is 0.265 e. The first-order valence-electron chi connectivity index (χ1n) is 14.5. The molecule has 3 aromatic heterocycles. The molecule has 3 N–H and O–H groups in total. The lowest BCUT2D eigenvalue weighted by atomic mass is 9.87. The summed E-state index contributed by atoms with van der Waals surface area (Å²) in [6.45, 7) is 0.668. The van der Waals surface area contributed by atoms with Crippen molar-refractivity contribution in [2.75, 3.05) is 17.2 Å². The second-order valence-corrected chi connectivity index (χ2v) is 11.7. The summed E-state index contributed by atoms with van der Waals surface area (Å²) in [5, 5.41) is 10.4. The smallest absolute Gasteiger partial charge is 0.265 e. The first kappa shape index (κ1) is 27.6. The van der Waals surface area contributed by atoms with Crippen LogP contribution in [0.1, 0.15) is 58.6 Å². The summed E-state index contributed by atoms with van der Waals surface area (Å²) in [5.41, 5.74) is 3.65. The van der Waals surface area contributed by atoms with Crippen LogP contribution in [0.25, 0.3) is 21.5 Å². The SMILES string of the molecule is O=C(Nc1ccc(-c2ccc(C(=O)NCCC3CCCCC3)c(Nc3ccccc3)n2)cc1)c1cc2cccnc2s1. The third kappa shape index (κ3) is 6.66. The van der Waals surface area contributed by atoms with Gasteiger partial charge in [0.2, 0.25) is 0 Å². The third-order valence-electron chi connectivity index (χ3n) is 7.70. The molecule has 1 fully saturated rings. The van der Waals surface area contributed by atoms with Crippen LogP contribution in [0.2, 0.25) is 0 Å². The highest BCUT2D eigenvalue weighted by atomic mass is 32.1. The van der Waals surface area contributed by atoms with Crippen LogP contribution >= 0.6 is 11.3 Å². The Morgan fingerprint density at radius 3 is 2.43 bits per heavy atom. The number of carbonyl (C=O) groups is 2. The van der Waals surface area contributed by atoms with E-state index in [0.29, 0.717) is 34.4 Å². The highest BCUT2D eigenvalue weighted by Gasteiger charge is 2.17. The number of pyridine rings is 2. The van der Waals surface area contributed by atoms with Crippen LogP contribution in [0.4, 0.5) is 17.2 Å². The van der Waals surface area contributed by atoms with Crippen LogP contribution in [0, 0.1) is 5.92 Å². The van der Waals surface area contributed by atoms with Gasteiger partial charge in [-0.1, -0.05) is 68.5 Å². The number of aromatic nitrogens is 2. The minimum absolute atomic E-state index is 0.127. The molecule has 1 aliphatic carbocycles. The largest absolute Gasteiger partial charge is 0.352 e. The topological polar surface area (TPSA) is 96.0 Å². The summed E-state index contributed by atoms with van der Waals surface area (Å²) in [6, 6.07) is 26.6. The van der Waals surface area contributed by atoms with Crippen LogP contribution in [-0.4, -0.2) is 28.3 Å². The first-order chi connectivity index (χ1) is 20.6. The molecule has 0 bridgehead atoms. The fourth-order valence-corrected chi connectivity index (χ4v) is 6.32. The molecule has 7 nitrogen and oxygen atoms in total. The van der Waals surface area contributed by atoms with E-state index >= 15 is 0 Å². The quantitative estimate of drug-likeness (QED) is 0.165. The van der Waals surface area contributed by atoms with E-state index in [1.165, 1.54) is 43.4 Å². The molecule has 0 radical (unpaired) electrons. The van der Waals surface area contributed by atoms with Crippen LogP contribution in [0.15, 0.2) is 91.1 Å². The van der Waals surface area contributed by atoms with Crippen LogP contribution in [0.3, 0.4) is 0 Å². The molecule has 1 aliphatic rings. The number of nitrogens with zero attached hydrogens (tertiary/aromatic N) is 2. The fraction of sp³-hybridized carbons (Fsp3) is 0.235. The Hall–Kier alpha value is -4.56. The second kappa shape index (κ2) is 13.0. The molecule has 0 atom stereocenters. The lowest BCUT2D eigenvalue weighted by molar-refractivity contribution is 0.0950. The lowest BCUT2D eigenvalue weighted by Gasteiger charge is -2.21. The molecular formula is C34H33N5O2S. The monoisotopic (exact) mass is 575 g/mol. The Morgan fingerprint density at radius 1 is 0.833 bits per heavy atom. The summed E-state index contributed by atoms with van der Waals surface area (Å²) < 4.78 is 0. The van der Waals surface area contributed by atoms with Crippen LogP contribution in [-0.2, 0) is 0 Å². The zero-order valence-corrected chi connectivity index (χ0v) is 24.1. The number of carbonyl (C=O) groups excluding carboxylic acids is 2. The van der Waals surface area contributed by atoms with Crippen molar-refractivity contribution in [2.24, 2.45) is 5.92 Å². The number of rotatable bonds is 9. The molecule has 0 unspecified atom stereocenters. The van der Waals surface area contributed by atoms with Crippen LogP contribution in [0.5, 0.6) is 0 Å². The van der Waals surface area contributed by atoms with Gasteiger partial charge >= 0.3 is 0 Å². The maximum absolute atomic E-state index is 13.2.